The zero-order chi connectivity index (χ0) is 13.2. The Morgan fingerprint density at radius 1 is 1.61 bits per heavy atom. The van der Waals surface area contributed by atoms with Gasteiger partial charge in [-0.15, -0.1) is 0 Å². The minimum absolute atomic E-state index is 0.0698. The van der Waals surface area contributed by atoms with E-state index in [1.807, 2.05) is 0 Å². The van der Waals surface area contributed by atoms with Crippen LogP contribution in [0.4, 0.5) is 5.82 Å². The number of nitrogen functional groups attached to an aromatic ring is 1. The molecule has 0 spiro atoms. The summed E-state index contributed by atoms with van der Waals surface area (Å²) in [5.74, 6) is -0.0698. The fourth-order valence-corrected chi connectivity index (χ4v) is 2.87. The Morgan fingerprint density at radius 3 is 3.00 bits per heavy atom. The minimum Gasteiger partial charge on any atom is -0.386 e. The molecule has 7 nitrogen and oxygen atoms in total. The minimum atomic E-state index is -3.77. The summed E-state index contributed by atoms with van der Waals surface area (Å²) < 4.78 is 31.3. The lowest BCUT2D eigenvalue weighted by Gasteiger charge is -2.20. The zero-order valence-corrected chi connectivity index (χ0v) is 10.5. The van der Waals surface area contributed by atoms with Crippen molar-refractivity contribution in [1.29, 1.82) is 0 Å². The van der Waals surface area contributed by atoms with Gasteiger partial charge in [-0.1, -0.05) is 0 Å². The van der Waals surface area contributed by atoms with E-state index in [1.165, 1.54) is 18.3 Å². The summed E-state index contributed by atoms with van der Waals surface area (Å²) in [7, 11) is -3.77. The Labute approximate surface area is 105 Å². The number of sulfonamides is 1. The van der Waals surface area contributed by atoms with Crippen LogP contribution in [0.15, 0.2) is 23.2 Å². The Kier molecular flexibility index (Phi) is 3.53. The highest BCUT2D eigenvalue weighted by Crippen LogP contribution is 2.19. The molecular weight excluding hydrogens is 258 g/mol. The Balaban J connectivity index is 2.11. The molecule has 2 heterocycles. The number of nitrogens with two attached hydrogens (primary N) is 1. The Hall–Kier alpha value is -1.22. The van der Waals surface area contributed by atoms with Crippen LogP contribution in [0.25, 0.3) is 0 Å². The molecule has 100 valence electrons. The normalized spacial score (nSPS) is 24.3. The van der Waals surface area contributed by atoms with Gasteiger partial charge in [0.2, 0.25) is 10.0 Å². The number of rotatable bonds is 4. The average Bonchev–Trinajstić information content (AvgIpc) is 2.75. The number of nitrogens with zero attached hydrogens (tertiary/aromatic N) is 1. The van der Waals surface area contributed by atoms with E-state index in [4.69, 9.17) is 10.5 Å². The molecule has 0 saturated carbocycles. The first-order valence-electron chi connectivity index (χ1n) is 5.43. The SMILES string of the molecule is Nc1ncccc1S(=O)(=O)NCC1(O)CCOC1. The summed E-state index contributed by atoms with van der Waals surface area (Å²) in [6, 6.07) is 2.85. The van der Waals surface area contributed by atoms with Gasteiger partial charge in [-0.05, 0) is 12.1 Å². The van der Waals surface area contributed by atoms with E-state index < -0.39 is 15.6 Å². The maximum Gasteiger partial charge on any atom is 0.244 e. The molecule has 0 radical (unpaired) electrons. The Bertz CT molecular complexity index is 526. The van der Waals surface area contributed by atoms with Gasteiger partial charge in [-0.2, -0.15) is 0 Å². The van der Waals surface area contributed by atoms with Crippen LogP contribution in [0.3, 0.4) is 0 Å². The number of aliphatic hydroxyl groups is 1. The average molecular weight is 273 g/mol. The van der Waals surface area contributed by atoms with E-state index >= 15 is 0 Å². The molecule has 1 aliphatic rings. The van der Waals surface area contributed by atoms with Gasteiger partial charge >= 0.3 is 0 Å². The van der Waals surface area contributed by atoms with Crippen LogP contribution in [-0.2, 0) is 14.8 Å². The molecule has 8 heteroatoms. The first-order valence-corrected chi connectivity index (χ1v) is 6.92. The summed E-state index contributed by atoms with van der Waals surface area (Å²) in [6.07, 6.45) is 1.81. The fraction of sp³-hybridized carbons (Fsp3) is 0.500. The summed E-state index contributed by atoms with van der Waals surface area (Å²) in [5.41, 5.74) is 4.36. The van der Waals surface area contributed by atoms with Gasteiger partial charge in [0.05, 0.1) is 6.61 Å². The molecule has 1 aromatic heterocycles. The lowest BCUT2D eigenvalue weighted by atomic mass is 10.1. The number of aromatic nitrogens is 1. The van der Waals surface area contributed by atoms with Crippen LogP contribution >= 0.6 is 0 Å². The molecular formula is C10H15N3O4S. The number of hydrogen-bond acceptors (Lipinski definition) is 6. The third-order valence-corrected chi connectivity index (χ3v) is 4.21. The van der Waals surface area contributed by atoms with Gasteiger partial charge in [0, 0.05) is 25.8 Å². The summed E-state index contributed by atoms with van der Waals surface area (Å²) in [5, 5.41) is 9.97. The molecule has 1 fully saturated rings. The van der Waals surface area contributed by atoms with Crippen molar-refractivity contribution in [2.24, 2.45) is 0 Å². The molecule has 1 aliphatic heterocycles. The van der Waals surface area contributed by atoms with Crippen LogP contribution in [0.5, 0.6) is 0 Å². The quantitative estimate of drug-likeness (QED) is 0.654. The van der Waals surface area contributed by atoms with Crippen LogP contribution in [-0.4, -0.2) is 43.9 Å². The molecule has 0 bridgehead atoms. The highest BCUT2D eigenvalue weighted by atomic mass is 32.2. The molecule has 1 aromatic rings. The van der Waals surface area contributed by atoms with Crippen LogP contribution in [0, 0.1) is 0 Å². The summed E-state index contributed by atoms with van der Waals surface area (Å²) in [4.78, 5) is 3.62. The smallest absolute Gasteiger partial charge is 0.244 e. The molecule has 1 unspecified atom stereocenters. The van der Waals surface area contributed by atoms with E-state index in [-0.39, 0.29) is 23.9 Å². The number of anilines is 1. The van der Waals surface area contributed by atoms with Crippen molar-refractivity contribution in [3.8, 4) is 0 Å². The number of nitrogens with one attached hydrogen (secondary N) is 1. The third-order valence-electron chi connectivity index (χ3n) is 2.76. The lowest BCUT2D eigenvalue weighted by Crippen LogP contribution is -2.43. The van der Waals surface area contributed by atoms with Crippen molar-refractivity contribution in [1.82, 2.24) is 9.71 Å². The summed E-state index contributed by atoms with van der Waals surface area (Å²) >= 11 is 0. The Morgan fingerprint density at radius 2 is 2.39 bits per heavy atom. The molecule has 4 N–H and O–H groups in total. The predicted octanol–water partition coefficient (Wildman–Crippen LogP) is -0.907. The largest absolute Gasteiger partial charge is 0.386 e. The zero-order valence-electron chi connectivity index (χ0n) is 9.67. The number of ether oxygens (including phenoxy) is 1. The number of pyridine rings is 1. The molecule has 1 atom stereocenters. The second-order valence-corrected chi connectivity index (χ2v) is 5.97. The summed E-state index contributed by atoms with van der Waals surface area (Å²) in [6.45, 7) is 0.439. The van der Waals surface area contributed by atoms with Crippen molar-refractivity contribution in [3.05, 3.63) is 18.3 Å². The molecule has 0 aromatic carbocycles. The van der Waals surface area contributed by atoms with Crippen molar-refractivity contribution < 1.29 is 18.3 Å². The second kappa shape index (κ2) is 4.81. The highest BCUT2D eigenvalue weighted by Gasteiger charge is 2.34. The van der Waals surface area contributed by atoms with Crippen molar-refractivity contribution in [3.63, 3.8) is 0 Å². The van der Waals surface area contributed by atoms with Crippen LogP contribution in [0.1, 0.15) is 6.42 Å². The van der Waals surface area contributed by atoms with Crippen LogP contribution < -0.4 is 10.5 Å². The van der Waals surface area contributed by atoms with Crippen molar-refractivity contribution >= 4 is 15.8 Å². The molecule has 0 amide bonds. The molecule has 2 rings (SSSR count). The first-order chi connectivity index (χ1) is 8.43. The number of hydrogen-bond donors (Lipinski definition) is 3. The lowest BCUT2D eigenvalue weighted by molar-refractivity contribution is 0.0314. The van der Waals surface area contributed by atoms with Crippen molar-refractivity contribution in [2.45, 2.75) is 16.9 Å². The predicted molar refractivity (Wildman–Crippen MR) is 64.2 cm³/mol. The van der Waals surface area contributed by atoms with Crippen molar-refractivity contribution in [2.75, 3.05) is 25.5 Å². The maximum atomic E-state index is 12.0. The van der Waals surface area contributed by atoms with E-state index in [9.17, 15) is 13.5 Å². The maximum absolute atomic E-state index is 12.0. The van der Waals surface area contributed by atoms with Gasteiger partial charge in [0.25, 0.3) is 0 Å². The highest BCUT2D eigenvalue weighted by molar-refractivity contribution is 7.89. The molecule has 18 heavy (non-hydrogen) atoms. The fourth-order valence-electron chi connectivity index (χ4n) is 1.67. The van der Waals surface area contributed by atoms with Gasteiger partial charge in [0.15, 0.2) is 0 Å². The topological polar surface area (TPSA) is 115 Å². The van der Waals surface area contributed by atoms with Gasteiger partial charge in [-0.25, -0.2) is 18.1 Å². The monoisotopic (exact) mass is 273 g/mol. The van der Waals surface area contributed by atoms with Gasteiger partial charge in [-0.3, -0.25) is 0 Å². The standard InChI is InChI=1S/C10H15N3O4S/c11-9-8(2-1-4-12-9)18(15,16)13-6-10(14)3-5-17-7-10/h1-2,4,13-14H,3,5-7H2,(H2,11,12). The van der Waals surface area contributed by atoms with E-state index in [1.54, 1.807) is 0 Å². The first kappa shape index (κ1) is 13.2. The van der Waals surface area contributed by atoms with Gasteiger partial charge < -0.3 is 15.6 Å². The third kappa shape index (κ3) is 2.78. The van der Waals surface area contributed by atoms with Crippen LogP contribution in [0.2, 0.25) is 0 Å². The molecule has 1 saturated heterocycles. The second-order valence-electron chi connectivity index (χ2n) is 4.24. The van der Waals surface area contributed by atoms with Gasteiger partial charge in [0.1, 0.15) is 16.3 Å². The van der Waals surface area contributed by atoms with E-state index in [2.05, 4.69) is 9.71 Å². The van der Waals surface area contributed by atoms with E-state index in [0.717, 1.165) is 0 Å². The molecule has 0 aliphatic carbocycles. The van der Waals surface area contributed by atoms with E-state index in [0.29, 0.717) is 13.0 Å².